The molecule has 1 saturated heterocycles. The predicted octanol–water partition coefficient (Wildman–Crippen LogP) is 8.70. The van der Waals surface area contributed by atoms with Crippen molar-refractivity contribution >= 4 is 42.4 Å². The molecule has 7 atom stereocenters. The number of halogens is 2. The van der Waals surface area contributed by atoms with Gasteiger partial charge >= 0.3 is 7.82 Å². The quantitative estimate of drug-likeness (QED) is 0.0404. The second-order valence-electron chi connectivity index (χ2n) is 15.4. The second kappa shape index (κ2) is 21.4. The average Bonchev–Trinajstić information content (AvgIpc) is 3.41. The first kappa shape index (κ1) is 45.2. The van der Waals surface area contributed by atoms with Crippen molar-refractivity contribution in [2.45, 2.75) is 159 Å². The number of nitrogens with zero attached hydrogens (tertiary/aromatic N) is 3. The van der Waals surface area contributed by atoms with Crippen LogP contribution >= 0.6 is 31.0 Å². The van der Waals surface area contributed by atoms with Gasteiger partial charge in [0.05, 0.1) is 25.5 Å². The van der Waals surface area contributed by atoms with Gasteiger partial charge < -0.3 is 35.1 Å². The van der Waals surface area contributed by atoms with Crippen molar-refractivity contribution in [3.8, 4) is 0 Å². The average molecular weight is 844 g/mol. The van der Waals surface area contributed by atoms with Crippen LogP contribution in [0, 0.1) is 0 Å². The fourth-order valence-electron chi connectivity index (χ4n) is 7.55. The molecule has 0 amide bonds. The van der Waals surface area contributed by atoms with E-state index in [2.05, 4.69) is 17.0 Å². The highest BCUT2D eigenvalue weighted by Gasteiger charge is 2.82. The molecule has 2 unspecified atom stereocenters. The molecular weight excluding hydrogens is 782 g/mol. The number of rotatable bonds is 28. The number of hydrogen-bond acceptors (Lipinski definition) is 11. The van der Waals surface area contributed by atoms with E-state index in [9.17, 15) is 19.7 Å². The van der Waals surface area contributed by atoms with Gasteiger partial charge in [0.1, 0.15) is 41.9 Å². The largest absolute Gasteiger partial charge is 0.472 e. The summed E-state index contributed by atoms with van der Waals surface area (Å²) in [5.41, 5.74) is 4.13. The Balaban J connectivity index is 1.02. The maximum atomic E-state index is 13.2. The number of aliphatic hydroxyl groups excluding tert-OH is 1. The van der Waals surface area contributed by atoms with Gasteiger partial charge in [0.25, 0.3) is 0 Å². The van der Waals surface area contributed by atoms with Crippen LogP contribution in [0.2, 0.25) is 10.0 Å². The molecule has 3 aromatic rings. The van der Waals surface area contributed by atoms with Crippen molar-refractivity contribution in [2.24, 2.45) is 0 Å². The van der Waals surface area contributed by atoms with Crippen LogP contribution in [0.25, 0.3) is 5.52 Å². The van der Waals surface area contributed by atoms with Crippen molar-refractivity contribution in [1.82, 2.24) is 14.6 Å². The first-order chi connectivity index (χ1) is 26.9. The number of hydrogen-bond donors (Lipinski definition) is 4. The number of nitrogens with two attached hydrogens (primary N) is 1. The number of aliphatic hydroxyl groups is 2. The highest BCUT2D eigenvalue weighted by molar-refractivity contribution is 7.47. The summed E-state index contributed by atoms with van der Waals surface area (Å²) < 4.78 is 43.3. The molecule has 2 aliphatic rings. The lowest BCUT2D eigenvalue weighted by atomic mass is 9.91. The fraction of sp³-hybridized carbons (Fsp3) is 0.700. The van der Waals surface area contributed by atoms with Crippen molar-refractivity contribution in [2.75, 3.05) is 25.6 Å². The normalized spacial score (nSPS) is 24.7. The fourth-order valence-corrected chi connectivity index (χ4v) is 8.99. The lowest BCUT2D eigenvalue weighted by Gasteiger charge is -2.32. The van der Waals surface area contributed by atoms with E-state index in [-0.39, 0.29) is 25.6 Å². The molecule has 16 heteroatoms. The Morgan fingerprint density at radius 3 is 2.16 bits per heavy atom. The van der Waals surface area contributed by atoms with Gasteiger partial charge in [0.15, 0.2) is 11.4 Å². The Kier molecular flexibility index (Phi) is 17.3. The first-order valence-corrected chi connectivity index (χ1v) is 22.6. The molecule has 1 aliphatic heterocycles. The lowest BCUT2D eigenvalue weighted by Crippen LogP contribution is -2.46. The topological polar surface area (TPSA) is 180 Å². The van der Waals surface area contributed by atoms with E-state index in [0.29, 0.717) is 33.4 Å². The molecule has 0 spiro atoms. The molecule has 1 aromatic carbocycles. The summed E-state index contributed by atoms with van der Waals surface area (Å²) in [7, 11) is -4.77. The third-order valence-electron chi connectivity index (χ3n) is 11.0. The minimum Gasteiger partial charge on any atom is -0.386 e. The molecule has 5 rings (SSSR count). The molecule has 314 valence electrons. The van der Waals surface area contributed by atoms with E-state index in [1.54, 1.807) is 37.3 Å². The van der Waals surface area contributed by atoms with Crippen LogP contribution in [0.4, 0.5) is 5.82 Å². The maximum Gasteiger partial charge on any atom is 0.472 e. The smallest absolute Gasteiger partial charge is 0.386 e. The number of benzene rings is 1. The second-order valence-corrected chi connectivity index (χ2v) is 17.7. The minimum atomic E-state index is -4.77. The number of phosphoric acid groups is 1. The van der Waals surface area contributed by atoms with E-state index in [0.717, 1.165) is 19.3 Å². The van der Waals surface area contributed by atoms with Crippen LogP contribution in [0.3, 0.4) is 0 Å². The molecule has 0 radical (unpaired) electrons. The Bertz CT molecular complexity index is 1720. The van der Waals surface area contributed by atoms with Crippen molar-refractivity contribution in [1.29, 1.82) is 0 Å². The third-order valence-corrected chi connectivity index (χ3v) is 12.6. The first-order valence-electron chi connectivity index (χ1n) is 20.4. The van der Waals surface area contributed by atoms with Crippen LogP contribution in [0.5, 0.6) is 0 Å². The van der Waals surface area contributed by atoms with E-state index in [1.807, 2.05) is 0 Å². The van der Waals surface area contributed by atoms with E-state index >= 15 is 0 Å². The molecule has 2 aromatic heterocycles. The maximum absolute atomic E-state index is 13.2. The Hall–Kier alpha value is -1.87. The number of unbranched alkanes of at least 4 members (excludes halogenated alkanes) is 15. The van der Waals surface area contributed by atoms with E-state index < -0.39 is 43.4 Å². The summed E-state index contributed by atoms with van der Waals surface area (Å²) in [4.78, 5) is 14.7. The van der Waals surface area contributed by atoms with Gasteiger partial charge in [-0.1, -0.05) is 133 Å². The summed E-state index contributed by atoms with van der Waals surface area (Å²) in [6.07, 6.45) is 17.1. The van der Waals surface area contributed by atoms with Gasteiger partial charge in [0.2, 0.25) is 0 Å². The molecule has 0 bridgehead atoms. The molecule has 1 saturated carbocycles. The molecule has 1 aliphatic carbocycles. The summed E-state index contributed by atoms with van der Waals surface area (Å²) in [5.74, 6) is 0.231. The van der Waals surface area contributed by atoms with E-state index in [4.69, 9.17) is 52.2 Å². The highest BCUT2D eigenvalue weighted by Crippen LogP contribution is 2.63. The number of anilines is 1. The molecule has 2 fully saturated rings. The van der Waals surface area contributed by atoms with Crippen molar-refractivity contribution < 1.29 is 42.9 Å². The predicted molar refractivity (Wildman–Crippen MR) is 217 cm³/mol. The van der Waals surface area contributed by atoms with Crippen LogP contribution in [0.15, 0.2) is 36.7 Å². The van der Waals surface area contributed by atoms with E-state index in [1.165, 1.54) is 94.3 Å². The standard InChI is InChI=1S/C40H61Cl2N4O9P/c1-3-4-5-6-7-8-9-10-11-12-13-14-15-16-17-18-23-51-26-31(52-25-29-19-20-30(41)24-32(29)42)27-53-56(49,50)55-36-35-40(36,48)38(47)39(2,54-35)34-22-21-33-37(43)44-28-45-46(33)34/h19-22,24,28,31,35-36,38,47-48H,3-18,23,25-27H2,1-2H3,(H,49,50)(H2,43,44,45)/t31-,35-,36?,38+,39+,40+/m1/s1. The Morgan fingerprint density at radius 1 is 0.946 bits per heavy atom. The zero-order valence-corrected chi connectivity index (χ0v) is 35.2. The monoisotopic (exact) mass is 842 g/mol. The van der Waals surface area contributed by atoms with Crippen LogP contribution in [-0.4, -0.2) is 79.5 Å². The third kappa shape index (κ3) is 11.9. The lowest BCUT2D eigenvalue weighted by molar-refractivity contribution is -0.127. The summed E-state index contributed by atoms with van der Waals surface area (Å²) >= 11 is 12.4. The molecule has 5 N–H and O–H groups in total. The zero-order chi connectivity index (χ0) is 40.2. The van der Waals surface area contributed by atoms with Gasteiger partial charge in [-0.15, -0.1) is 0 Å². The van der Waals surface area contributed by atoms with Gasteiger partial charge in [-0.3, -0.25) is 9.05 Å². The number of ether oxygens (including phenoxy) is 3. The summed E-state index contributed by atoms with van der Waals surface area (Å²) in [6.45, 7) is 4.18. The Labute approximate surface area is 341 Å². The van der Waals surface area contributed by atoms with Crippen LogP contribution < -0.4 is 5.73 Å². The van der Waals surface area contributed by atoms with Crippen LogP contribution in [0.1, 0.15) is 128 Å². The number of fused-ring (bicyclic) bond motifs is 2. The van der Waals surface area contributed by atoms with Crippen LogP contribution in [-0.2, 0) is 40.0 Å². The number of nitrogen functional groups attached to an aromatic ring is 1. The number of aromatic nitrogens is 3. The van der Waals surface area contributed by atoms with Gasteiger partial charge in [0, 0.05) is 16.7 Å². The molecular formula is C40H61Cl2N4O9P. The molecule has 3 heterocycles. The zero-order valence-electron chi connectivity index (χ0n) is 32.8. The molecule has 56 heavy (non-hydrogen) atoms. The Morgan fingerprint density at radius 2 is 1.57 bits per heavy atom. The van der Waals surface area contributed by atoms with Gasteiger partial charge in [-0.05, 0) is 43.2 Å². The van der Waals surface area contributed by atoms with Crippen molar-refractivity contribution in [3.63, 3.8) is 0 Å². The van der Waals surface area contributed by atoms with Gasteiger partial charge in [-0.2, -0.15) is 5.10 Å². The summed E-state index contributed by atoms with van der Waals surface area (Å²) in [6, 6.07) is 8.38. The summed E-state index contributed by atoms with van der Waals surface area (Å²) in [5, 5.41) is 27.8. The molecule has 13 nitrogen and oxygen atoms in total. The minimum absolute atomic E-state index is 0.0804. The SMILES string of the molecule is CCCCCCCCCCCCCCCCCCOC[C@H](COP(=O)(O)OC1[C@H]2O[C@@](C)(c3ccc4c(N)ncnn34)[C@H](O)[C@@]12O)OCc1ccc(Cl)cc1Cl. The van der Waals surface area contributed by atoms with Gasteiger partial charge in [-0.25, -0.2) is 14.1 Å². The van der Waals surface area contributed by atoms with Crippen molar-refractivity contribution in [3.05, 3.63) is 58.0 Å². The highest BCUT2D eigenvalue weighted by atomic mass is 35.5. The number of phosphoric ester groups is 1.